The SMILES string of the molecule is CCC1(C(=O)N2CCC(O)(C(F)(F)F)CC2)CCC1. The zero-order valence-electron chi connectivity index (χ0n) is 11.1. The minimum atomic E-state index is -4.61. The molecule has 0 aromatic heterocycles. The summed E-state index contributed by atoms with van der Waals surface area (Å²) < 4.78 is 38.0. The van der Waals surface area contributed by atoms with Gasteiger partial charge in [0.05, 0.1) is 0 Å². The molecule has 0 spiro atoms. The predicted molar refractivity (Wildman–Crippen MR) is 63.4 cm³/mol. The van der Waals surface area contributed by atoms with Crippen LogP contribution in [-0.2, 0) is 4.79 Å². The topological polar surface area (TPSA) is 40.5 Å². The Labute approximate surface area is 110 Å². The van der Waals surface area contributed by atoms with E-state index in [-0.39, 0.29) is 24.4 Å². The van der Waals surface area contributed by atoms with Crippen LogP contribution in [0.15, 0.2) is 0 Å². The summed E-state index contributed by atoms with van der Waals surface area (Å²) in [4.78, 5) is 13.9. The Morgan fingerprint density at radius 3 is 2.05 bits per heavy atom. The Kier molecular flexibility index (Phi) is 3.58. The van der Waals surface area contributed by atoms with Gasteiger partial charge in [-0.1, -0.05) is 13.3 Å². The van der Waals surface area contributed by atoms with Crippen molar-refractivity contribution in [3.63, 3.8) is 0 Å². The zero-order chi connectivity index (χ0) is 14.3. The summed E-state index contributed by atoms with van der Waals surface area (Å²) in [7, 11) is 0. The average molecular weight is 279 g/mol. The van der Waals surface area contributed by atoms with Crippen LogP contribution < -0.4 is 0 Å². The minimum absolute atomic E-state index is 0.00338. The van der Waals surface area contributed by atoms with Gasteiger partial charge in [0, 0.05) is 31.3 Å². The van der Waals surface area contributed by atoms with Crippen LogP contribution in [0.2, 0.25) is 0 Å². The van der Waals surface area contributed by atoms with Crippen molar-refractivity contribution in [2.75, 3.05) is 13.1 Å². The fourth-order valence-corrected chi connectivity index (χ4v) is 3.02. The molecule has 0 bridgehead atoms. The Bertz CT molecular complexity index is 350. The third kappa shape index (κ3) is 2.35. The Balaban J connectivity index is 1.99. The first-order valence-electron chi connectivity index (χ1n) is 6.83. The molecule has 2 aliphatic rings. The van der Waals surface area contributed by atoms with Crippen LogP contribution in [0.3, 0.4) is 0 Å². The van der Waals surface area contributed by atoms with Crippen LogP contribution in [0.5, 0.6) is 0 Å². The van der Waals surface area contributed by atoms with Gasteiger partial charge in [-0.2, -0.15) is 13.2 Å². The van der Waals surface area contributed by atoms with E-state index in [1.165, 1.54) is 4.90 Å². The van der Waals surface area contributed by atoms with E-state index in [4.69, 9.17) is 0 Å². The molecule has 1 saturated heterocycles. The Hall–Kier alpha value is -0.780. The highest BCUT2D eigenvalue weighted by atomic mass is 19.4. The van der Waals surface area contributed by atoms with E-state index in [0.29, 0.717) is 0 Å². The fraction of sp³-hybridized carbons (Fsp3) is 0.923. The van der Waals surface area contributed by atoms with Crippen LogP contribution in [0.25, 0.3) is 0 Å². The second-order valence-electron chi connectivity index (χ2n) is 5.81. The number of carbonyl (C=O) groups excluding carboxylic acids is 1. The number of nitrogens with zero attached hydrogens (tertiary/aromatic N) is 1. The number of alkyl halides is 3. The Morgan fingerprint density at radius 1 is 1.21 bits per heavy atom. The van der Waals surface area contributed by atoms with Crippen molar-refractivity contribution in [3.05, 3.63) is 0 Å². The molecule has 1 aliphatic heterocycles. The molecule has 0 aromatic rings. The summed E-state index contributed by atoms with van der Waals surface area (Å²) in [5.41, 5.74) is -2.96. The summed E-state index contributed by atoms with van der Waals surface area (Å²) in [5.74, 6) is -0.0227. The molecule has 2 fully saturated rings. The van der Waals surface area contributed by atoms with E-state index in [1.807, 2.05) is 6.92 Å². The van der Waals surface area contributed by atoms with Gasteiger partial charge in [0.15, 0.2) is 5.60 Å². The highest BCUT2D eigenvalue weighted by Crippen LogP contribution is 2.46. The van der Waals surface area contributed by atoms with Gasteiger partial charge >= 0.3 is 6.18 Å². The molecule has 3 nitrogen and oxygen atoms in total. The predicted octanol–water partition coefficient (Wildman–Crippen LogP) is 2.48. The number of halogens is 3. The quantitative estimate of drug-likeness (QED) is 0.843. The maximum atomic E-state index is 12.7. The monoisotopic (exact) mass is 279 g/mol. The van der Waals surface area contributed by atoms with Gasteiger partial charge in [-0.25, -0.2) is 0 Å². The minimum Gasteiger partial charge on any atom is -0.380 e. The van der Waals surface area contributed by atoms with E-state index in [1.54, 1.807) is 0 Å². The third-order valence-corrected chi connectivity index (χ3v) is 4.85. The molecule has 0 aromatic carbocycles. The third-order valence-electron chi connectivity index (χ3n) is 4.85. The van der Waals surface area contributed by atoms with Crippen molar-refractivity contribution in [1.29, 1.82) is 0 Å². The van der Waals surface area contributed by atoms with Crippen molar-refractivity contribution in [2.24, 2.45) is 5.41 Å². The number of amides is 1. The molecule has 0 atom stereocenters. The van der Waals surface area contributed by atoms with Gasteiger partial charge < -0.3 is 10.0 Å². The Morgan fingerprint density at radius 2 is 1.74 bits per heavy atom. The maximum Gasteiger partial charge on any atom is 0.417 e. The van der Waals surface area contributed by atoms with Crippen LogP contribution in [0.4, 0.5) is 13.2 Å². The molecule has 2 rings (SSSR count). The highest BCUT2D eigenvalue weighted by Gasteiger charge is 2.56. The van der Waals surface area contributed by atoms with Crippen molar-refractivity contribution in [2.45, 2.75) is 57.2 Å². The van der Waals surface area contributed by atoms with Gasteiger partial charge in [0.25, 0.3) is 0 Å². The number of rotatable bonds is 2. The van der Waals surface area contributed by atoms with Crippen LogP contribution in [0.1, 0.15) is 45.4 Å². The smallest absolute Gasteiger partial charge is 0.380 e. The average Bonchev–Trinajstić information content (AvgIpc) is 2.27. The van der Waals surface area contributed by atoms with E-state index in [9.17, 15) is 23.1 Å². The van der Waals surface area contributed by atoms with Gasteiger partial charge in [0.2, 0.25) is 5.91 Å². The molecular weight excluding hydrogens is 259 g/mol. The molecule has 1 amide bonds. The molecule has 1 saturated carbocycles. The lowest BCUT2D eigenvalue weighted by Crippen LogP contribution is -2.57. The summed E-state index contributed by atoms with van der Waals surface area (Å²) >= 11 is 0. The summed E-state index contributed by atoms with van der Waals surface area (Å²) in [6.45, 7) is 1.94. The van der Waals surface area contributed by atoms with E-state index in [2.05, 4.69) is 0 Å². The molecule has 1 heterocycles. The van der Waals surface area contributed by atoms with E-state index >= 15 is 0 Å². The standard InChI is InChI=1S/C13H20F3NO2/c1-2-11(4-3-5-11)10(18)17-8-6-12(19,7-9-17)13(14,15)16/h19H,2-9H2,1H3. The number of hydrogen-bond acceptors (Lipinski definition) is 2. The lowest BCUT2D eigenvalue weighted by Gasteiger charge is -2.46. The molecule has 6 heteroatoms. The normalized spacial score (nSPS) is 25.8. The first kappa shape index (κ1) is 14.6. The molecule has 1 N–H and O–H groups in total. The van der Waals surface area contributed by atoms with Crippen LogP contribution in [-0.4, -0.2) is 40.8 Å². The second kappa shape index (κ2) is 4.65. The molecule has 0 unspecified atom stereocenters. The lowest BCUT2D eigenvalue weighted by molar-refractivity contribution is -0.272. The number of likely N-dealkylation sites (tertiary alicyclic amines) is 1. The van der Waals surface area contributed by atoms with E-state index < -0.39 is 24.6 Å². The highest BCUT2D eigenvalue weighted by molar-refractivity contribution is 5.83. The number of hydrogen-bond donors (Lipinski definition) is 1. The fourth-order valence-electron chi connectivity index (χ4n) is 3.02. The zero-order valence-corrected chi connectivity index (χ0v) is 11.1. The number of piperidine rings is 1. The van der Waals surface area contributed by atoms with Crippen molar-refractivity contribution in [1.82, 2.24) is 4.90 Å². The second-order valence-corrected chi connectivity index (χ2v) is 5.81. The molecular formula is C13H20F3NO2. The summed E-state index contributed by atoms with van der Waals surface area (Å²) in [6, 6.07) is 0. The molecule has 1 aliphatic carbocycles. The molecule has 0 radical (unpaired) electrons. The first-order valence-corrected chi connectivity index (χ1v) is 6.83. The van der Waals surface area contributed by atoms with Crippen molar-refractivity contribution in [3.8, 4) is 0 Å². The number of carbonyl (C=O) groups is 1. The van der Waals surface area contributed by atoms with Gasteiger partial charge in [-0.05, 0) is 19.3 Å². The van der Waals surface area contributed by atoms with Crippen molar-refractivity contribution >= 4 is 5.91 Å². The van der Waals surface area contributed by atoms with Gasteiger partial charge in [0.1, 0.15) is 0 Å². The summed E-state index contributed by atoms with van der Waals surface area (Å²) in [6.07, 6.45) is -2.01. The van der Waals surface area contributed by atoms with Crippen LogP contribution >= 0.6 is 0 Å². The van der Waals surface area contributed by atoms with Crippen LogP contribution in [0, 0.1) is 5.41 Å². The van der Waals surface area contributed by atoms with Crippen molar-refractivity contribution < 1.29 is 23.1 Å². The lowest BCUT2D eigenvalue weighted by atomic mass is 9.66. The molecule has 110 valence electrons. The van der Waals surface area contributed by atoms with Gasteiger partial charge in [-0.3, -0.25) is 4.79 Å². The summed E-state index contributed by atoms with van der Waals surface area (Å²) in [5, 5.41) is 9.58. The number of aliphatic hydroxyl groups is 1. The van der Waals surface area contributed by atoms with Gasteiger partial charge in [-0.15, -0.1) is 0 Å². The maximum absolute atomic E-state index is 12.7. The molecule has 19 heavy (non-hydrogen) atoms. The van der Waals surface area contributed by atoms with E-state index in [0.717, 1.165) is 25.7 Å². The first-order chi connectivity index (χ1) is 8.74. The largest absolute Gasteiger partial charge is 0.417 e.